The third-order valence-corrected chi connectivity index (χ3v) is 7.81. The van der Waals surface area contributed by atoms with Gasteiger partial charge in [0.25, 0.3) is 0 Å². The minimum atomic E-state index is 0.0738. The van der Waals surface area contributed by atoms with Crippen LogP contribution < -0.4 is 0 Å². The molecule has 2 saturated heterocycles. The molecule has 4 aliphatic rings. The van der Waals surface area contributed by atoms with Crippen molar-refractivity contribution in [3.63, 3.8) is 0 Å². The smallest absolute Gasteiger partial charge is 0.222 e. The maximum atomic E-state index is 12.8. The van der Waals surface area contributed by atoms with Gasteiger partial charge < -0.3 is 9.80 Å². The number of amides is 2. The summed E-state index contributed by atoms with van der Waals surface area (Å²) in [6.45, 7) is 1.49. The molecular weight excluding hydrogens is 352 g/mol. The van der Waals surface area contributed by atoms with Gasteiger partial charge in [-0.25, -0.2) is 0 Å². The van der Waals surface area contributed by atoms with Crippen molar-refractivity contribution in [2.24, 2.45) is 11.8 Å². The topological polar surface area (TPSA) is 57.7 Å². The lowest BCUT2D eigenvalue weighted by molar-refractivity contribution is -0.143. The first-order valence-electron chi connectivity index (χ1n) is 11.8. The summed E-state index contributed by atoms with van der Waals surface area (Å²) in [5, 5.41) is 0. The summed E-state index contributed by atoms with van der Waals surface area (Å²) in [7, 11) is 0. The highest BCUT2D eigenvalue weighted by atomic mass is 16.2. The molecule has 2 saturated carbocycles. The SMILES string of the molecule is O=C1CCN(C(=O)CCCC(=O)N2CCCC3CCCCC32)C2CCCCC12. The molecule has 2 aliphatic carbocycles. The summed E-state index contributed by atoms with van der Waals surface area (Å²) in [6.07, 6.45) is 13.7. The highest BCUT2D eigenvalue weighted by Crippen LogP contribution is 2.36. The van der Waals surface area contributed by atoms with Crippen LogP contribution in [0.5, 0.6) is 0 Å². The first kappa shape index (κ1) is 19.9. The second-order valence-electron chi connectivity index (χ2n) is 9.46. The molecule has 156 valence electrons. The van der Waals surface area contributed by atoms with Crippen LogP contribution in [0.2, 0.25) is 0 Å². The summed E-state index contributed by atoms with van der Waals surface area (Å²) in [4.78, 5) is 42.0. The van der Waals surface area contributed by atoms with Crippen molar-refractivity contribution in [2.75, 3.05) is 13.1 Å². The molecular formula is C23H36N2O3. The maximum Gasteiger partial charge on any atom is 0.222 e. The normalized spacial score (nSPS) is 33.2. The quantitative estimate of drug-likeness (QED) is 0.738. The molecule has 28 heavy (non-hydrogen) atoms. The Kier molecular flexibility index (Phi) is 6.37. The zero-order valence-corrected chi connectivity index (χ0v) is 17.2. The minimum absolute atomic E-state index is 0.0738. The van der Waals surface area contributed by atoms with Crippen LogP contribution in [0.25, 0.3) is 0 Å². The lowest BCUT2D eigenvalue weighted by Gasteiger charge is -2.44. The van der Waals surface area contributed by atoms with Crippen LogP contribution in [0.3, 0.4) is 0 Å². The fraction of sp³-hybridized carbons (Fsp3) is 0.870. The number of hydrogen-bond donors (Lipinski definition) is 0. The van der Waals surface area contributed by atoms with E-state index in [1.165, 1.54) is 32.1 Å². The van der Waals surface area contributed by atoms with Crippen LogP contribution in [0, 0.1) is 11.8 Å². The summed E-state index contributed by atoms with van der Waals surface area (Å²) < 4.78 is 0. The van der Waals surface area contributed by atoms with E-state index in [9.17, 15) is 14.4 Å². The average molecular weight is 389 g/mol. The van der Waals surface area contributed by atoms with E-state index < -0.39 is 0 Å². The minimum Gasteiger partial charge on any atom is -0.339 e. The van der Waals surface area contributed by atoms with Gasteiger partial charge in [0.05, 0.1) is 0 Å². The van der Waals surface area contributed by atoms with Crippen LogP contribution in [0.15, 0.2) is 0 Å². The van der Waals surface area contributed by atoms with Crippen LogP contribution in [-0.2, 0) is 14.4 Å². The number of fused-ring (bicyclic) bond motifs is 2. The van der Waals surface area contributed by atoms with Crippen molar-refractivity contribution in [2.45, 2.75) is 102 Å². The van der Waals surface area contributed by atoms with E-state index in [4.69, 9.17) is 0 Å². The first-order valence-corrected chi connectivity index (χ1v) is 11.8. The maximum absolute atomic E-state index is 12.8. The van der Waals surface area contributed by atoms with Crippen molar-refractivity contribution >= 4 is 17.6 Å². The zero-order valence-electron chi connectivity index (χ0n) is 17.2. The molecule has 0 N–H and O–H groups in total. The van der Waals surface area contributed by atoms with Crippen LogP contribution in [0.4, 0.5) is 0 Å². The number of carbonyl (C=O) groups excluding carboxylic acids is 3. The number of ketones is 1. The zero-order chi connectivity index (χ0) is 19.5. The van der Waals surface area contributed by atoms with Gasteiger partial charge in [-0.3, -0.25) is 14.4 Å². The monoisotopic (exact) mass is 388 g/mol. The van der Waals surface area contributed by atoms with Gasteiger partial charge in [-0.05, 0) is 50.9 Å². The van der Waals surface area contributed by atoms with Gasteiger partial charge in [0.1, 0.15) is 5.78 Å². The average Bonchev–Trinajstić information content (AvgIpc) is 2.73. The number of likely N-dealkylation sites (tertiary alicyclic amines) is 2. The molecule has 4 fully saturated rings. The summed E-state index contributed by atoms with van der Waals surface area (Å²) in [6, 6.07) is 0.588. The number of carbonyl (C=O) groups is 3. The number of Topliss-reactive ketones (excluding diaryl/α,β-unsaturated/α-hetero) is 1. The van der Waals surface area contributed by atoms with E-state index in [1.807, 2.05) is 4.90 Å². The second-order valence-corrected chi connectivity index (χ2v) is 9.46. The van der Waals surface area contributed by atoms with Gasteiger partial charge in [0, 0.05) is 50.4 Å². The number of piperidine rings is 2. The number of nitrogens with zero attached hydrogens (tertiary/aromatic N) is 2. The Balaban J connectivity index is 1.27. The fourth-order valence-electron chi connectivity index (χ4n) is 6.36. The van der Waals surface area contributed by atoms with E-state index in [0.29, 0.717) is 50.0 Å². The third kappa shape index (κ3) is 4.13. The molecule has 0 aromatic rings. The summed E-state index contributed by atoms with van der Waals surface area (Å²) >= 11 is 0. The molecule has 0 radical (unpaired) electrons. The molecule has 2 heterocycles. The van der Waals surface area contributed by atoms with Crippen LogP contribution >= 0.6 is 0 Å². The Bertz CT molecular complexity index is 603. The number of hydrogen-bond acceptors (Lipinski definition) is 3. The molecule has 2 aliphatic heterocycles. The Morgan fingerprint density at radius 2 is 1.36 bits per heavy atom. The number of rotatable bonds is 4. The van der Waals surface area contributed by atoms with E-state index in [2.05, 4.69) is 4.90 Å². The Labute approximate surface area is 169 Å². The molecule has 0 spiro atoms. The lowest BCUT2D eigenvalue weighted by atomic mass is 9.77. The molecule has 4 rings (SSSR count). The Hall–Kier alpha value is -1.39. The second kappa shape index (κ2) is 8.96. The van der Waals surface area contributed by atoms with Crippen molar-refractivity contribution < 1.29 is 14.4 Å². The molecule has 4 atom stereocenters. The Morgan fingerprint density at radius 3 is 2.14 bits per heavy atom. The van der Waals surface area contributed by atoms with E-state index in [1.54, 1.807) is 0 Å². The van der Waals surface area contributed by atoms with Crippen molar-refractivity contribution in [1.82, 2.24) is 9.80 Å². The largest absolute Gasteiger partial charge is 0.339 e. The first-order chi connectivity index (χ1) is 13.6. The highest BCUT2D eigenvalue weighted by Gasteiger charge is 2.40. The lowest BCUT2D eigenvalue weighted by Crippen LogP contribution is -2.53. The van der Waals surface area contributed by atoms with Gasteiger partial charge in [-0.2, -0.15) is 0 Å². The third-order valence-electron chi connectivity index (χ3n) is 7.81. The van der Waals surface area contributed by atoms with Gasteiger partial charge >= 0.3 is 0 Å². The highest BCUT2D eigenvalue weighted by molar-refractivity contribution is 5.86. The van der Waals surface area contributed by atoms with Crippen molar-refractivity contribution in [3.05, 3.63) is 0 Å². The predicted octanol–water partition coefficient (Wildman–Crippen LogP) is 3.70. The van der Waals surface area contributed by atoms with Gasteiger partial charge in [0.15, 0.2) is 0 Å². The van der Waals surface area contributed by atoms with E-state index in [-0.39, 0.29) is 23.8 Å². The van der Waals surface area contributed by atoms with Crippen molar-refractivity contribution in [3.8, 4) is 0 Å². The Morgan fingerprint density at radius 1 is 0.750 bits per heavy atom. The van der Waals surface area contributed by atoms with E-state index >= 15 is 0 Å². The summed E-state index contributed by atoms with van der Waals surface area (Å²) in [5.74, 6) is 1.56. The molecule has 0 aromatic heterocycles. The summed E-state index contributed by atoms with van der Waals surface area (Å²) in [5.41, 5.74) is 0. The van der Waals surface area contributed by atoms with Gasteiger partial charge in [-0.1, -0.05) is 25.7 Å². The van der Waals surface area contributed by atoms with Crippen LogP contribution in [0.1, 0.15) is 89.9 Å². The molecule has 0 bridgehead atoms. The molecule has 5 heteroatoms. The fourth-order valence-corrected chi connectivity index (χ4v) is 6.36. The van der Waals surface area contributed by atoms with Crippen molar-refractivity contribution in [1.29, 1.82) is 0 Å². The molecule has 4 unspecified atom stereocenters. The van der Waals surface area contributed by atoms with E-state index in [0.717, 1.165) is 38.6 Å². The standard InChI is InChI=1S/C23H36N2O3/c26-21-14-16-25(20-11-4-2-9-18(20)21)23(28)13-5-12-22(27)24-15-6-8-17-7-1-3-10-19(17)24/h17-20H,1-16H2. The predicted molar refractivity (Wildman–Crippen MR) is 108 cm³/mol. The molecule has 2 amide bonds. The van der Waals surface area contributed by atoms with Gasteiger partial charge in [-0.15, -0.1) is 0 Å². The molecule has 5 nitrogen and oxygen atoms in total. The van der Waals surface area contributed by atoms with Crippen LogP contribution in [-0.4, -0.2) is 52.6 Å². The van der Waals surface area contributed by atoms with Gasteiger partial charge in [0.2, 0.25) is 11.8 Å². The molecule has 0 aromatic carbocycles.